The van der Waals surface area contributed by atoms with Crippen LogP contribution in [0.4, 0.5) is 11.4 Å². The molecule has 23 heavy (non-hydrogen) atoms. The van der Waals surface area contributed by atoms with Crippen molar-refractivity contribution < 1.29 is 9.53 Å². The van der Waals surface area contributed by atoms with E-state index in [1.807, 2.05) is 43.3 Å². The van der Waals surface area contributed by atoms with E-state index in [1.165, 1.54) is 18.5 Å². The van der Waals surface area contributed by atoms with Crippen molar-refractivity contribution in [3.63, 3.8) is 0 Å². The molecule has 3 rings (SSSR count). The number of anilines is 2. The van der Waals surface area contributed by atoms with Crippen LogP contribution in [0.25, 0.3) is 0 Å². The maximum atomic E-state index is 12.0. The van der Waals surface area contributed by atoms with Crippen molar-refractivity contribution in [1.82, 2.24) is 0 Å². The second-order valence-electron chi connectivity index (χ2n) is 5.84. The predicted molar refractivity (Wildman–Crippen MR) is 93.2 cm³/mol. The molecule has 1 amide bonds. The number of benzene rings is 2. The Bertz CT molecular complexity index is 661. The van der Waals surface area contributed by atoms with Gasteiger partial charge in [-0.3, -0.25) is 4.79 Å². The van der Waals surface area contributed by atoms with Crippen molar-refractivity contribution in [2.75, 3.05) is 29.9 Å². The van der Waals surface area contributed by atoms with Crippen LogP contribution in [0.5, 0.6) is 5.75 Å². The molecule has 0 bridgehead atoms. The summed E-state index contributed by atoms with van der Waals surface area (Å²) in [5.41, 5.74) is 3.04. The molecule has 1 heterocycles. The molecule has 2 aromatic rings. The molecule has 0 saturated carbocycles. The Hall–Kier alpha value is -2.49. The number of carbonyl (C=O) groups is 1. The van der Waals surface area contributed by atoms with Crippen LogP contribution in [-0.2, 0) is 4.79 Å². The zero-order valence-corrected chi connectivity index (χ0v) is 13.4. The average Bonchev–Trinajstić information content (AvgIpc) is 3.09. The number of ether oxygens (including phenoxy) is 1. The van der Waals surface area contributed by atoms with E-state index in [-0.39, 0.29) is 12.5 Å². The first-order valence-electron chi connectivity index (χ1n) is 8.06. The van der Waals surface area contributed by atoms with Gasteiger partial charge in [0.15, 0.2) is 6.61 Å². The molecule has 0 radical (unpaired) electrons. The highest BCUT2D eigenvalue weighted by molar-refractivity contribution is 5.92. The quantitative estimate of drug-likeness (QED) is 0.917. The van der Waals surface area contributed by atoms with Gasteiger partial charge in [0.25, 0.3) is 5.91 Å². The smallest absolute Gasteiger partial charge is 0.262 e. The van der Waals surface area contributed by atoms with Crippen LogP contribution in [0, 0.1) is 6.92 Å². The number of rotatable bonds is 5. The summed E-state index contributed by atoms with van der Waals surface area (Å²) in [5.74, 6) is 0.592. The number of aryl methyl sites for hydroxylation is 1. The first kappa shape index (κ1) is 15.4. The predicted octanol–water partition coefficient (Wildman–Crippen LogP) is 3.61. The third-order valence-corrected chi connectivity index (χ3v) is 4.07. The van der Waals surface area contributed by atoms with Crippen LogP contribution < -0.4 is 15.0 Å². The van der Waals surface area contributed by atoms with Crippen LogP contribution in [0.15, 0.2) is 48.5 Å². The lowest BCUT2D eigenvalue weighted by Crippen LogP contribution is -2.20. The molecule has 1 fully saturated rings. The highest BCUT2D eigenvalue weighted by atomic mass is 16.5. The minimum atomic E-state index is -0.151. The summed E-state index contributed by atoms with van der Waals surface area (Å²) in [6.45, 7) is 4.22. The molecule has 0 atom stereocenters. The zero-order valence-electron chi connectivity index (χ0n) is 13.4. The number of hydrogen-bond donors (Lipinski definition) is 1. The van der Waals surface area contributed by atoms with Gasteiger partial charge < -0.3 is 15.0 Å². The Labute approximate surface area is 137 Å². The number of carbonyl (C=O) groups excluding carboxylic acids is 1. The van der Waals surface area contributed by atoms with Gasteiger partial charge in [0.1, 0.15) is 5.75 Å². The van der Waals surface area contributed by atoms with Crippen molar-refractivity contribution in [2.24, 2.45) is 0 Å². The van der Waals surface area contributed by atoms with Gasteiger partial charge in [0, 0.05) is 24.5 Å². The third-order valence-electron chi connectivity index (χ3n) is 4.07. The molecule has 1 aliphatic rings. The third kappa shape index (κ3) is 4.03. The summed E-state index contributed by atoms with van der Waals surface area (Å²) in [7, 11) is 0. The van der Waals surface area contributed by atoms with Crippen molar-refractivity contribution >= 4 is 17.3 Å². The Morgan fingerprint density at radius 3 is 2.48 bits per heavy atom. The van der Waals surface area contributed by atoms with E-state index in [0.29, 0.717) is 0 Å². The Morgan fingerprint density at radius 2 is 1.78 bits per heavy atom. The number of amides is 1. The number of hydrogen-bond acceptors (Lipinski definition) is 3. The van der Waals surface area contributed by atoms with Crippen molar-refractivity contribution in [3.8, 4) is 5.75 Å². The molecule has 0 unspecified atom stereocenters. The van der Waals surface area contributed by atoms with E-state index in [1.54, 1.807) is 0 Å². The van der Waals surface area contributed by atoms with Crippen LogP contribution in [0.1, 0.15) is 18.4 Å². The fraction of sp³-hybridized carbons (Fsp3) is 0.316. The molecule has 120 valence electrons. The molecule has 2 aromatic carbocycles. The van der Waals surface area contributed by atoms with Gasteiger partial charge in [-0.1, -0.05) is 18.2 Å². The molecule has 4 heteroatoms. The summed E-state index contributed by atoms with van der Waals surface area (Å²) < 4.78 is 5.56. The molecule has 4 nitrogen and oxygen atoms in total. The summed E-state index contributed by atoms with van der Waals surface area (Å²) in [5, 5.41) is 2.87. The van der Waals surface area contributed by atoms with Crippen LogP contribution in [0.2, 0.25) is 0 Å². The van der Waals surface area contributed by atoms with Crippen LogP contribution >= 0.6 is 0 Å². The standard InChI is InChI=1S/C19H22N2O2/c1-15-6-2-3-7-18(15)23-14-19(22)20-16-8-10-17(11-9-16)21-12-4-5-13-21/h2-3,6-11H,4-5,12-14H2,1H3,(H,20,22). The van der Waals surface area contributed by atoms with Crippen LogP contribution in [0.3, 0.4) is 0 Å². The number of para-hydroxylation sites is 1. The van der Waals surface area contributed by atoms with Gasteiger partial charge in [0.05, 0.1) is 0 Å². The molecule has 1 N–H and O–H groups in total. The van der Waals surface area contributed by atoms with E-state index in [9.17, 15) is 4.79 Å². The van der Waals surface area contributed by atoms with E-state index in [0.717, 1.165) is 30.1 Å². The van der Waals surface area contributed by atoms with Crippen molar-refractivity contribution in [3.05, 3.63) is 54.1 Å². The van der Waals surface area contributed by atoms with Gasteiger partial charge in [-0.15, -0.1) is 0 Å². The SMILES string of the molecule is Cc1ccccc1OCC(=O)Nc1ccc(N2CCCC2)cc1. The first-order valence-corrected chi connectivity index (χ1v) is 8.06. The summed E-state index contributed by atoms with van der Waals surface area (Å²) in [6, 6.07) is 15.7. The van der Waals surface area contributed by atoms with Crippen LogP contribution in [-0.4, -0.2) is 25.6 Å². The van der Waals surface area contributed by atoms with Gasteiger partial charge >= 0.3 is 0 Å². The fourth-order valence-corrected chi connectivity index (χ4v) is 2.79. The largest absolute Gasteiger partial charge is 0.483 e. The zero-order chi connectivity index (χ0) is 16.1. The van der Waals surface area contributed by atoms with E-state index in [4.69, 9.17) is 4.74 Å². The highest BCUT2D eigenvalue weighted by Crippen LogP contribution is 2.22. The first-order chi connectivity index (χ1) is 11.2. The Morgan fingerprint density at radius 1 is 1.09 bits per heavy atom. The highest BCUT2D eigenvalue weighted by Gasteiger charge is 2.12. The fourth-order valence-electron chi connectivity index (χ4n) is 2.79. The lowest BCUT2D eigenvalue weighted by atomic mass is 10.2. The summed E-state index contributed by atoms with van der Waals surface area (Å²) >= 11 is 0. The van der Waals surface area contributed by atoms with E-state index < -0.39 is 0 Å². The number of nitrogens with zero attached hydrogens (tertiary/aromatic N) is 1. The van der Waals surface area contributed by atoms with Crippen molar-refractivity contribution in [2.45, 2.75) is 19.8 Å². The van der Waals surface area contributed by atoms with Crippen molar-refractivity contribution in [1.29, 1.82) is 0 Å². The molecule has 1 aliphatic heterocycles. The Kier molecular flexibility index (Phi) is 4.81. The van der Waals surface area contributed by atoms with Gasteiger partial charge in [-0.2, -0.15) is 0 Å². The second-order valence-corrected chi connectivity index (χ2v) is 5.84. The van der Waals surface area contributed by atoms with Gasteiger partial charge in [0.2, 0.25) is 0 Å². The molecule has 0 aliphatic carbocycles. The molecular formula is C19H22N2O2. The topological polar surface area (TPSA) is 41.6 Å². The maximum Gasteiger partial charge on any atom is 0.262 e. The normalized spacial score (nSPS) is 13.9. The van der Waals surface area contributed by atoms with E-state index in [2.05, 4.69) is 22.3 Å². The minimum absolute atomic E-state index is 0.0126. The summed E-state index contributed by atoms with van der Waals surface area (Å²) in [4.78, 5) is 14.4. The second kappa shape index (κ2) is 7.18. The molecule has 0 aromatic heterocycles. The lowest BCUT2D eigenvalue weighted by Gasteiger charge is -2.17. The average molecular weight is 310 g/mol. The monoisotopic (exact) mass is 310 g/mol. The lowest BCUT2D eigenvalue weighted by molar-refractivity contribution is -0.118. The molecular weight excluding hydrogens is 288 g/mol. The Balaban J connectivity index is 1.52. The number of nitrogens with one attached hydrogen (secondary N) is 1. The molecule has 1 saturated heterocycles. The van der Waals surface area contributed by atoms with Gasteiger partial charge in [-0.25, -0.2) is 0 Å². The minimum Gasteiger partial charge on any atom is -0.483 e. The van der Waals surface area contributed by atoms with Gasteiger partial charge in [-0.05, 0) is 55.7 Å². The molecule has 0 spiro atoms. The van der Waals surface area contributed by atoms with E-state index >= 15 is 0 Å². The maximum absolute atomic E-state index is 12.0. The summed E-state index contributed by atoms with van der Waals surface area (Å²) in [6.07, 6.45) is 2.52.